The Kier molecular flexibility index (Phi) is 7.28. The fourth-order valence-corrected chi connectivity index (χ4v) is 4.04. The Bertz CT molecular complexity index is 1060. The Morgan fingerprint density at radius 3 is 2.77 bits per heavy atom. The van der Waals surface area contributed by atoms with Gasteiger partial charge in [-0.3, -0.25) is 9.59 Å². The second-order valence-corrected chi connectivity index (χ2v) is 8.04. The molecule has 0 spiro atoms. The number of hydrogen-bond donors (Lipinski definition) is 1. The first-order valence-corrected chi connectivity index (χ1v) is 10.6. The van der Waals surface area contributed by atoms with Crippen LogP contribution in [-0.2, 0) is 16.2 Å². The number of hydrogen-bond acceptors (Lipinski definition) is 5. The maximum atomic E-state index is 13.9. The van der Waals surface area contributed by atoms with E-state index in [1.165, 1.54) is 13.0 Å². The van der Waals surface area contributed by atoms with E-state index in [2.05, 4.69) is 26.2 Å². The molecule has 1 aliphatic heterocycles. The van der Waals surface area contributed by atoms with Crippen LogP contribution in [0, 0.1) is 5.82 Å². The highest BCUT2D eigenvalue weighted by Crippen LogP contribution is 2.39. The van der Waals surface area contributed by atoms with E-state index in [-0.39, 0.29) is 23.5 Å². The van der Waals surface area contributed by atoms with Crippen LogP contribution in [0.1, 0.15) is 25.0 Å². The molecule has 6 nitrogen and oxygen atoms in total. The highest BCUT2D eigenvalue weighted by atomic mass is 79.9. The maximum absolute atomic E-state index is 13.9. The lowest BCUT2D eigenvalue weighted by Crippen LogP contribution is -2.23. The predicted molar refractivity (Wildman–Crippen MR) is 118 cm³/mol. The molecule has 30 heavy (non-hydrogen) atoms. The topological polar surface area (TPSA) is 77.0 Å². The molecule has 0 aromatic heterocycles. The van der Waals surface area contributed by atoms with Gasteiger partial charge in [-0.2, -0.15) is 4.99 Å². The van der Waals surface area contributed by atoms with Crippen LogP contribution in [0.25, 0.3) is 6.08 Å². The SMILES string of the molecule is CCOc1cc(/C=C2\SC(NC(C)=O)=NC2=O)cc(Br)c1OCc1ccccc1F. The number of thioether (sulfide) groups is 1. The van der Waals surface area contributed by atoms with E-state index >= 15 is 0 Å². The highest BCUT2D eigenvalue weighted by molar-refractivity contribution is 9.10. The van der Waals surface area contributed by atoms with Crippen LogP contribution >= 0.6 is 27.7 Å². The Hall–Kier alpha value is -2.65. The van der Waals surface area contributed by atoms with Gasteiger partial charge in [-0.25, -0.2) is 4.39 Å². The van der Waals surface area contributed by atoms with E-state index in [1.807, 2.05) is 6.92 Å². The molecule has 1 aliphatic rings. The van der Waals surface area contributed by atoms with Crippen molar-refractivity contribution in [1.82, 2.24) is 5.32 Å². The van der Waals surface area contributed by atoms with Gasteiger partial charge in [0.1, 0.15) is 12.4 Å². The smallest absolute Gasteiger partial charge is 0.286 e. The number of halogens is 2. The third-order valence-electron chi connectivity index (χ3n) is 3.86. The molecule has 2 aromatic carbocycles. The third kappa shape index (κ3) is 5.48. The van der Waals surface area contributed by atoms with Crippen molar-refractivity contribution in [3.8, 4) is 11.5 Å². The molecule has 0 saturated carbocycles. The van der Waals surface area contributed by atoms with Gasteiger partial charge in [-0.15, -0.1) is 0 Å². The number of ether oxygens (including phenoxy) is 2. The molecule has 0 bridgehead atoms. The molecule has 2 aromatic rings. The van der Waals surface area contributed by atoms with Crippen molar-refractivity contribution in [3.05, 3.63) is 62.7 Å². The summed E-state index contributed by atoms with van der Waals surface area (Å²) in [6, 6.07) is 9.87. The highest BCUT2D eigenvalue weighted by Gasteiger charge is 2.23. The molecule has 3 rings (SSSR count). The Morgan fingerprint density at radius 1 is 1.30 bits per heavy atom. The zero-order valence-electron chi connectivity index (χ0n) is 16.2. The molecule has 2 amide bonds. The number of aliphatic imine (C=N–C) groups is 1. The number of amidine groups is 1. The van der Waals surface area contributed by atoms with E-state index in [1.54, 1.807) is 36.4 Å². The van der Waals surface area contributed by atoms with Crippen molar-refractivity contribution in [2.24, 2.45) is 4.99 Å². The Morgan fingerprint density at radius 2 is 2.07 bits per heavy atom. The second kappa shape index (κ2) is 9.90. The molecule has 1 heterocycles. The number of carbonyl (C=O) groups excluding carboxylic acids is 2. The van der Waals surface area contributed by atoms with Crippen molar-refractivity contribution in [1.29, 1.82) is 0 Å². The summed E-state index contributed by atoms with van der Waals surface area (Å²) in [4.78, 5) is 27.4. The minimum absolute atomic E-state index is 0.0358. The standard InChI is InChI=1S/C21H18BrFN2O4S/c1-3-28-17-9-13(10-18-20(27)25-21(30-18)24-12(2)26)8-15(22)19(17)29-11-14-6-4-5-7-16(14)23/h4-10H,3,11H2,1-2H3,(H,24,25,26,27)/b18-10-. The van der Waals surface area contributed by atoms with Gasteiger partial charge in [0, 0.05) is 12.5 Å². The summed E-state index contributed by atoms with van der Waals surface area (Å²) in [5.41, 5.74) is 1.10. The molecular formula is C21H18BrFN2O4S. The normalized spacial score (nSPS) is 14.6. The van der Waals surface area contributed by atoms with Crippen LogP contribution in [0.15, 0.2) is 50.8 Å². The molecule has 0 radical (unpaired) electrons. The molecular weight excluding hydrogens is 475 g/mol. The Labute approximate surface area is 185 Å². The van der Waals surface area contributed by atoms with Crippen molar-refractivity contribution in [2.45, 2.75) is 20.5 Å². The first-order valence-electron chi connectivity index (χ1n) is 9.00. The van der Waals surface area contributed by atoms with Crippen molar-refractivity contribution in [2.75, 3.05) is 6.61 Å². The summed E-state index contributed by atoms with van der Waals surface area (Å²) >= 11 is 4.54. The third-order valence-corrected chi connectivity index (χ3v) is 5.35. The van der Waals surface area contributed by atoms with Crippen LogP contribution in [0.3, 0.4) is 0 Å². The van der Waals surface area contributed by atoms with Crippen LogP contribution < -0.4 is 14.8 Å². The summed E-state index contributed by atoms with van der Waals surface area (Å²) in [7, 11) is 0. The Balaban J connectivity index is 1.84. The van der Waals surface area contributed by atoms with E-state index < -0.39 is 5.91 Å². The zero-order valence-corrected chi connectivity index (χ0v) is 18.6. The molecule has 1 N–H and O–H groups in total. The van der Waals surface area contributed by atoms with Crippen LogP contribution in [0.5, 0.6) is 11.5 Å². The number of nitrogens with one attached hydrogen (secondary N) is 1. The summed E-state index contributed by atoms with van der Waals surface area (Å²) in [5, 5.41) is 2.75. The van der Waals surface area contributed by atoms with Gasteiger partial charge in [0.15, 0.2) is 16.7 Å². The largest absolute Gasteiger partial charge is 0.490 e. The molecule has 0 unspecified atom stereocenters. The molecule has 0 fully saturated rings. The number of rotatable bonds is 6. The fraction of sp³-hybridized carbons (Fsp3) is 0.190. The van der Waals surface area contributed by atoms with Gasteiger partial charge in [0.05, 0.1) is 16.0 Å². The lowest BCUT2D eigenvalue weighted by molar-refractivity contribution is -0.117. The molecule has 0 saturated heterocycles. The zero-order chi connectivity index (χ0) is 21.7. The van der Waals surface area contributed by atoms with Gasteiger partial charge >= 0.3 is 0 Å². The monoisotopic (exact) mass is 492 g/mol. The quantitative estimate of drug-likeness (QED) is 0.592. The van der Waals surface area contributed by atoms with E-state index in [9.17, 15) is 14.0 Å². The van der Waals surface area contributed by atoms with Gasteiger partial charge in [-0.05, 0) is 64.5 Å². The number of carbonyl (C=O) groups is 2. The van der Waals surface area contributed by atoms with E-state index in [4.69, 9.17) is 9.47 Å². The summed E-state index contributed by atoms with van der Waals surface area (Å²) in [6.07, 6.45) is 1.65. The summed E-state index contributed by atoms with van der Waals surface area (Å²) < 4.78 is 26.0. The van der Waals surface area contributed by atoms with Gasteiger partial charge < -0.3 is 14.8 Å². The summed E-state index contributed by atoms with van der Waals surface area (Å²) in [6.45, 7) is 3.62. The molecule has 0 aliphatic carbocycles. The van der Waals surface area contributed by atoms with Gasteiger partial charge in [0.25, 0.3) is 5.91 Å². The number of nitrogens with zero attached hydrogens (tertiary/aromatic N) is 1. The van der Waals surface area contributed by atoms with E-state index in [0.29, 0.717) is 38.6 Å². The molecule has 9 heteroatoms. The summed E-state index contributed by atoms with van der Waals surface area (Å²) in [5.74, 6) is -0.193. The molecule has 0 atom stereocenters. The molecule has 156 valence electrons. The predicted octanol–water partition coefficient (Wildman–Crippen LogP) is 4.67. The van der Waals surface area contributed by atoms with Gasteiger partial charge in [-0.1, -0.05) is 18.2 Å². The first-order chi connectivity index (χ1) is 14.4. The average molecular weight is 493 g/mol. The second-order valence-electron chi connectivity index (χ2n) is 6.16. The lowest BCUT2D eigenvalue weighted by atomic mass is 10.1. The number of benzene rings is 2. The average Bonchev–Trinajstić information content (AvgIpc) is 3.00. The minimum atomic E-state index is -0.433. The van der Waals surface area contributed by atoms with E-state index in [0.717, 1.165) is 11.8 Å². The first kappa shape index (κ1) is 22.0. The van der Waals surface area contributed by atoms with Crippen LogP contribution in [0.2, 0.25) is 0 Å². The minimum Gasteiger partial charge on any atom is -0.490 e. The van der Waals surface area contributed by atoms with Crippen molar-refractivity contribution < 1.29 is 23.5 Å². The maximum Gasteiger partial charge on any atom is 0.286 e. The van der Waals surface area contributed by atoms with Crippen molar-refractivity contribution in [3.63, 3.8) is 0 Å². The van der Waals surface area contributed by atoms with Crippen LogP contribution in [-0.4, -0.2) is 23.6 Å². The number of amides is 2. The van der Waals surface area contributed by atoms with Crippen LogP contribution in [0.4, 0.5) is 4.39 Å². The van der Waals surface area contributed by atoms with Crippen molar-refractivity contribution >= 4 is 50.7 Å². The van der Waals surface area contributed by atoms with Gasteiger partial charge in [0.2, 0.25) is 5.91 Å². The fourth-order valence-electron chi connectivity index (χ4n) is 2.60. The lowest BCUT2D eigenvalue weighted by Gasteiger charge is -2.15.